The standard InChI is InChI=1S/C24H26ClNO/c1-20(24(27,19-25)23-15-9-4-10-16-23)26(17-21-11-5-2-6-12-21)18-22-13-7-3-8-14-22/h2-16,20,27H,17-19H2,1H3/t20-,24-/m0/s1. The lowest BCUT2D eigenvalue weighted by molar-refractivity contribution is -0.0347. The third-order valence-corrected chi connectivity index (χ3v) is 5.58. The SMILES string of the molecule is C[C@H](N(Cc1ccccc1)Cc1ccccc1)[C@@](O)(CCl)c1ccccc1. The molecule has 2 nitrogen and oxygen atoms in total. The van der Waals surface area contributed by atoms with E-state index in [2.05, 4.69) is 36.1 Å². The van der Waals surface area contributed by atoms with Crippen LogP contribution in [0.1, 0.15) is 23.6 Å². The molecule has 3 aromatic carbocycles. The van der Waals surface area contributed by atoms with Gasteiger partial charge in [0.25, 0.3) is 0 Å². The van der Waals surface area contributed by atoms with Gasteiger partial charge in [-0.15, -0.1) is 11.6 Å². The summed E-state index contributed by atoms with van der Waals surface area (Å²) >= 11 is 6.31. The maximum absolute atomic E-state index is 11.5. The van der Waals surface area contributed by atoms with Crippen LogP contribution in [0.5, 0.6) is 0 Å². The smallest absolute Gasteiger partial charge is 0.118 e. The first kappa shape index (κ1) is 19.6. The van der Waals surface area contributed by atoms with Gasteiger partial charge in [0.05, 0.1) is 5.88 Å². The Morgan fingerprint density at radius 3 is 1.59 bits per heavy atom. The Morgan fingerprint density at radius 2 is 1.19 bits per heavy atom. The van der Waals surface area contributed by atoms with Gasteiger partial charge < -0.3 is 5.11 Å². The van der Waals surface area contributed by atoms with E-state index in [9.17, 15) is 5.11 Å². The zero-order valence-corrected chi connectivity index (χ0v) is 16.4. The largest absolute Gasteiger partial charge is 0.382 e. The summed E-state index contributed by atoms with van der Waals surface area (Å²) in [5, 5.41) is 11.5. The fourth-order valence-corrected chi connectivity index (χ4v) is 3.80. The minimum atomic E-state index is -1.13. The van der Waals surface area contributed by atoms with Gasteiger partial charge in [-0.05, 0) is 23.6 Å². The topological polar surface area (TPSA) is 23.5 Å². The normalized spacial score (nSPS) is 14.7. The quantitative estimate of drug-likeness (QED) is 0.543. The lowest BCUT2D eigenvalue weighted by Gasteiger charge is -2.40. The van der Waals surface area contributed by atoms with E-state index < -0.39 is 5.60 Å². The van der Waals surface area contributed by atoms with Crippen LogP contribution in [0.4, 0.5) is 0 Å². The van der Waals surface area contributed by atoms with E-state index in [1.54, 1.807) is 0 Å². The number of alkyl halides is 1. The number of rotatable bonds is 8. The number of aliphatic hydroxyl groups is 1. The number of hydrogen-bond donors (Lipinski definition) is 1. The minimum Gasteiger partial charge on any atom is -0.382 e. The summed E-state index contributed by atoms with van der Waals surface area (Å²) in [6.45, 7) is 3.53. The lowest BCUT2D eigenvalue weighted by Crippen LogP contribution is -2.49. The van der Waals surface area contributed by atoms with Crippen LogP contribution in [0.25, 0.3) is 0 Å². The van der Waals surface area contributed by atoms with Crippen molar-refractivity contribution in [3.63, 3.8) is 0 Å². The molecule has 3 aromatic rings. The zero-order valence-electron chi connectivity index (χ0n) is 15.6. The van der Waals surface area contributed by atoms with Crippen molar-refractivity contribution in [3.8, 4) is 0 Å². The second kappa shape index (κ2) is 9.18. The molecular formula is C24H26ClNO. The second-order valence-electron chi connectivity index (χ2n) is 6.98. The molecule has 0 aliphatic heterocycles. The molecule has 0 radical (unpaired) electrons. The highest BCUT2D eigenvalue weighted by Crippen LogP contribution is 2.31. The average molecular weight is 380 g/mol. The molecule has 0 spiro atoms. The molecule has 0 bridgehead atoms. The summed E-state index contributed by atoms with van der Waals surface area (Å²) in [6.07, 6.45) is 0. The Hall–Kier alpha value is -2.13. The molecule has 0 aliphatic rings. The molecule has 0 saturated heterocycles. The Kier molecular flexibility index (Phi) is 6.68. The van der Waals surface area contributed by atoms with Crippen LogP contribution >= 0.6 is 11.6 Å². The van der Waals surface area contributed by atoms with E-state index in [0.717, 1.165) is 18.7 Å². The van der Waals surface area contributed by atoms with Crippen molar-refractivity contribution in [1.82, 2.24) is 4.90 Å². The van der Waals surface area contributed by atoms with E-state index in [1.807, 2.05) is 66.7 Å². The Labute approximate surface area is 167 Å². The van der Waals surface area contributed by atoms with E-state index in [1.165, 1.54) is 11.1 Å². The van der Waals surface area contributed by atoms with Gasteiger partial charge >= 0.3 is 0 Å². The molecular weight excluding hydrogens is 354 g/mol. The van der Waals surface area contributed by atoms with E-state index in [0.29, 0.717) is 0 Å². The molecule has 0 saturated carbocycles. The van der Waals surface area contributed by atoms with Crippen LogP contribution in [-0.4, -0.2) is 21.9 Å². The van der Waals surface area contributed by atoms with E-state index in [4.69, 9.17) is 11.6 Å². The molecule has 0 fully saturated rings. The van der Waals surface area contributed by atoms with Crippen molar-refractivity contribution >= 4 is 11.6 Å². The van der Waals surface area contributed by atoms with Crippen molar-refractivity contribution in [2.24, 2.45) is 0 Å². The molecule has 0 aromatic heterocycles. The predicted octanol–water partition coefficient (Wildman–Crippen LogP) is 5.20. The third kappa shape index (κ3) is 4.78. The van der Waals surface area contributed by atoms with Gasteiger partial charge in [0.15, 0.2) is 0 Å². The van der Waals surface area contributed by atoms with Crippen molar-refractivity contribution in [2.45, 2.75) is 31.7 Å². The van der Waals surface area contributed by atoms with Gasteiger partial charge in [0.2, 0.25) is 0 Å². The van der Waals surface area contributed by atoms with Gasteiger partial charge in [-0.1, -0.05) is 91.0 Å². The molecule has 0 unspecified atom stereocenters. The van der Waals surface area contributed by atoms with Gasteiger partial charge in [-0.25, -0.2) is 0 Å². The Balaban J connectivity index is 1.92. The second-order valence-corrected chi connectivity index (χ2v) is 7.24. The number of hydrogen-bond acceptors (Lipinski definition) is 2. The van der Waals surface area contributed by atoms with Crippen molar-refractivity contribution < 1.29 is 5.11 Å². The van der Waals surface area contributed by atoms with Gasteiger partial charge in [0, 0.05) is 19.1 Å². The Bertz CT molecular complexity index is 768. The summed E-state index contributed by atoms with van der Waals surface area (Å²) in [4.78, 5) is 2.29. The molecule has 3 rings (SSSR count). The fraction of sp³-hybridized carbons (Fsp3) is 0.250. The van der Waals surface area contributed by atoms with Crippen LogP contribution in [0.2, 0.25) is 0 Å². The molecule has 140 valence electrons. The van der Waals surface area contributed by atoms with Gasteiger partial charge in [-0.3, -0.25) is 4.90 Å². The molecule has 0 heterocycles. The predicted molar refractivity (Wildman–Crippen MR) is 113 cm³/mol. The van der Waals surface area contributed by atoms with Crippen molar-refractivity contribution in [2.75, 3.05) is 5.88 Å². The highest BCUT2D eigenvalue weighted by Gasteiger charge is 2.38. The summed E-state index contributed by atoms with van der Waals surface area (Å²) in [7, 11) is 0. The highest BCUT2D eigenvalue weighted by atomic mass is 35.5. The van der Waals surface area contributed by atoms with Crippen LogP contribution in [0.3, 0.4) is 0 Å². The molecule has 0 aliphatic carbocycles. The van der Waals surface area contributed by atoms with Crippen LogP contribution in [0.15, 0.2) is 91.0 Å². The molecule has 1 N–H and O–H groups in total. The minimum absolute atomic E-state index is 0.137. The first-order valence-corrected chi connectivity index (χ1v) is 9.82. The molecule has 27 heavy (non-hydrogen) atoms. The zero-order chi connectivity index (χ0) is 19.1. The van der Waals surface area contributed by atoms with Crippen molar-refractivity contribution in [3.05, 3.63) is 108 Å². The van der Waals surface area contributed by atoms with E-state index in [-0.39, 0.29) is 11.9 Å². The average Bonchev–Trinajstić information content (AvgIpc) is 2.74. The van der Waals surface area contributed by atoms with Crippen molar-refractivity contribution in [1.29, 1.82) is 0 Å². The monoisotopic (exact) mass is 379 g/mol. The van der Waals surface area contributed by atoms with Gasteiger partial charge in [0.1, 0.15) is 5.60 Å². The summed E-state index contributed by atoms with van der Waals surface area (Å²) < 4.78 is 0. The lowest BCUT2D eigenvalue weighted by atomic mass is 9.87. The molecule has 3 heteroatoms. The molecule has 0 amide bonds. The van der Waals surface area contributed by atoms with Crippen LogP contribution < -0.4 is 0 Å². The summed E-state index contributed by atoms with van der Waals surface area (Å²) in [6, 6.07) is 30.3. The maximum Gasteiger partial charge on any atom is 0.118 e. The fourth-order valence-electron chi connectivity index (χ4n) is 3.42. The number of nitrogens with zero attached hydrogens (tertiary/aromatic N) is 1. The van der Waals surface area contributed by atoms with E-state index >= 15 is 0 Å². The highest BCUT2D eigenvalue weighted by molar-refractivity contribution is 6.18. The summed E-state index contributed by atoms with van der Waals surface area (Å²) in [5.74, 6) is 0.137. The summed E-state index contributed by atoms with van der Waals surface area (Å²) in [5.41, 5.74) is 2.14. The first-order chi connectivity index (χ1) is 13.1. The van der Waals surface area contributed by atoms with Crippen LogP contribution in [-0.2, 0) is 18.7 Å². The third-order valence-electron chi connectivity index (χ3n) is 5.17. The van der Waals surface area contributed by atoms with Crippen LogP contribution in [0, 0.1) is 0 Å². The molecule has 2 atom stereocenters. The Morgan fingerprint density at radius 1 is 0.778 bits per heavy atom. The first-order valence-electron chi connectivity index (χ1n) is 9.29. The number of halogens is 1. The maximum atomic E-state index is 11.5. The number of benzene rings is 3. The van der Waals surface area contributed by atoms with Gasteiger partial charge in [-0.2, -0.15) is 0 Å².